The second-order valence-corrected chi connectivity index (χ2v) is 9.51. The monoisotopic (exact) mass is 346 g/mol. The molecule has 4 heterocycles. The van der Waals surface area contributed by atoms with Crippen molar-refractivity contribution in [3.63, 3.8) is 0 Å². The molecule has 0 saturated carbocycles. The largest absolute Gasteiger partial charge is 0.373 e. The number of nitrogens with zero attached hydrogens (tertiary/aromatic N) is 2. The molecule has 2 aromatic rings. The van der Waals surface area contributed by atoms with Crippen LogP contribution in [0.15, 0.2) is 36.7 Å². The molecule has 2 aromatic heterocycles. The fraction of sp³-hybridized carbons (Fsp3) is 0.500. The number of hydrogen-bond acceptors (Lipinski definition) is 5. The minimum atomic E-state index is 0.395. The zero-order chi connectivity index (χ0) is 15.7. The molecule has 122 valence electrons. The van der Waals surface area contributed by atoms with E-state index in [1.807, 2.05) is 29.8 Å². The van der Waals surface area contributed by atoms with Crippen molar-refractivity contribution in [1.82, 2.24) is 9.88 Å². The molecule has 23 heavy (non-hydrogen) atoms. The van der Waals surface area contributed by atoms with Gasteiger partial charge >= 0.3 is 0 Å². The van der Waals surface area contributed by atoms with E-state index in [-0.39, 0.29) is 0 Å². The molecule has 1 atom stereocenters. The summed E-state index contributed by atoms with van der Waals surface area (Å²) in [5.74, 6) is 1.13. The fourth-order valence-corrected chi connectivity index (χ4v) is 6.04. The Morgan fingerprint density at radius 3 is 3.00 bits per heavy atom. The van der Waals surface area contributed by atoms with Crippen LogP contribution in [0.5, 0.6) is 0 Å². The molecule has 1 spiro atoms. The summed E-state index contributed by atoms with van der Waals surface area (Å²) in [7, 11) is 0. The summed E-state index contributed by atoms with van der Waals surface area (Å²) in [6.45, 7) is 6.40. The summed E-state index contributed by atoms with van der Waals surface area (Å²) in [4.78, 5) is 9.62. The van der Waals surface area contributed by atoms with Crippen molar-refractivity contribution < 1.29 is 4.74 Å². The van der Waals surface area contributed by atoms with Crippen molar-refractivity contribution in [2.45, 2.75) is 37.3 Å². The van der Waals surface area contributed by atoms with Crippen molar-refractivity contribution in [3.8, 4) is 0 Å². The van der Waals surface area contributed by atoms with Crippen molar-refractivity contribution in [1.29, 1.82) is 0 Å². The Hall–Kier alpha value is -0.880. The first-order valence-electron chi connectivity index (χ1n) is 8.13. The molecule has 2 aliphatic heterocycles. The predicted molar refractivity (Wildman–Crippen MR) is 97.0 cm³/mol. The molecule has 2 fully saturated rings. The minimum Gasteiger partial charge on any atom is -0.373 e. The Morgan fingerprint density at radius 2 is 2.26 bits per heavy atom. The summed E-state index contributed by atoms with van der Waals surface area (Å²) in [5.41, 5.74) is 1.17. The number of ether oxygens (including phenoxy) is 1. The first-order valence-corrected chi connectivity index (χ1v) is 9.93. The second-order valence-electron chi connectivity index (χ2n) is 6.65. The van der Waals surface area contributed by atoms with Crippen LogP contribution in [-0.4, -0.2) is 39.6 Å². The Kier molecular flexibility index (Phi) is 4.46. The van der Waals surface area contributed by atoms with E-state index in [0.717, 1.165) is 12.3 Å². The molecule has 3 nitrogen and oxygen atoms in total. The highest BCUT2D eigenvalue weighted by Gasteiger charge is 2.49. The van der Waals surface area contributed by atoms with Gasteiger partial charge in [0, 0.05) is 52.3 Å². The van der Waals surface area contributed by atoms with E-state index in [1.165, 1.54) is 34.8 Å². The number of pyridine rings is 1. The summed E-state index contributed by atoms with van der Waals surface area (Å²) in [5, 5.41) is 0. The summed E-state index contributed by atoms with van der Waals surface area (Å²) >= 11 is 4.04. The molecule has 4 rings (SSSR count). The van der Waals surface area contributed by atoms with Crippen LogP contribution in [0.25, 0.3) is 0 Å². The highest BCUT2D eigenvalue weighted by atomic mass is 32.2. The first kappa shape index (κ1) is 15.6. The van der Waals surface area contributed by atoms with Crippen LogP contribution in [0.4, 0.5) is 0 Å². The Morgan fingerprint density at radius 1 is 1.35 bits per heavy atom. The number of aromatic nitrogens is 1. The summed E-state index contributed by atoms with van der Waals surface area (Å²) in [6, 6.07) is 8.55. The van der Waals surface area contributed by atoms with Crippen LogP contribution in [0.3, 0.4) is 0 Å². The van der Waals surface area contributed by atoms with E-state index in [1.54, 1.807) is 0 Å². The number of likely N-dealkylation sites (tertiary alicyclic amines) is 1. The normalized spacial score (nSPS) is 23.3. The molecule has 1 unspecified atom stereocenters. The Labute approximate surface area is 146 Å². The topological polar surface area (TPSA) is 25.4 Å². The SMILES string of the molecule is Cc1ccc(CN2CC3(CC(OCc4cccnc4)CS3)C2)s1. The van der Waals surface area contributed by atoms with Gasteiger partial charge in [0.15, 0.2) is 0 Å². The van der Waals surface area contributed by atoms with E-state index in [0.29, 0.717) is 17.5 Å². The predicted octanol–water partition coefficient (Wildman–Crippen LogP) is 3.73. The molecule has 0 amide bonds. The molecule has 2 aliphatic rings. The minimum absolute atomic E-state index is 0.395. The Bertz CT molecular complexity index is 652. The molecule has 0 N–H and O–H groups in total. The van der Waals surface area contributed by atoms with Gasteiger partial charge in [-0.05, 0) is 37.1 Å². The maximum atomic E-state index is 6.10. The molecule has 2 saturated heterocycles. The van der Waals surface area contributed by atoms with Crippen LogP contribution in [0, 0.1) is 6.92 Å². The fourth-order valence-electron chi connectivity index (χ4n) is 3.50. The van der Waals surface area contributed by atoms with Crippen LogP contribution in [0.1, 0.15) is 21.7 Å². The molecule has 5 heteroatoms. The van der Waals surface area contributed by atoms with Crippen LogP contribution >= 0.6 is 23.1 Å². The lowest BCUT2D eigenvalue weighted by Crippen LogP contribution is -2.58. The van der Waals surface area contributed by atoms with Gasteiger partial charge < -0.3 is 4.74 Å². The molecule has 0 aliphatic carbocycles. The third-order valence-electron chi connectivity index (χ3n) is 4.58. The van der Waals surface area contributed by atoms with Gasteiger partial charge in [-0.1, -0.05) is 6.07 Å². The molecular weight excluding hydrogens is 324 g/mol. The lowest BCUT2D eigenvalue weighted by molar-refractivity contribution is 0.0265. The van der Waals surface area contributed by atoms with Gasteiger partial charge in [-0.15, -0.1) is 23.1 Å². The van der Waals surface area contributed by atoms with E-state index in [4.69, 9.17) is 4.74 Å². The Balaban J connectivity index is 1.23. The first-order chi connectivity index (χ1) is 11.2. The third-order valence-corrected chi connectivity index (χ3v) is 7.14. The maximum absolute atomic E-state index is 6.10. The van der Waals surface area contributed by atoms with Crippen LogP contribution in [-0.2, 0) is 17.9 Å². The quantitative estimate of drug-likeness (QED) is 0.824. The lowest BCUT2D eigenvalue weighted by Gasteiger charge is -2.47. The van der Waals surface area contributed by atoms with Gasteiger partial charge in [0.1, 0.15) is 0 Å². The zero-order valence-corrected chi connectivity index (χ0v) is 15.0. The van der Waals surface area contributed by atoms with Gasteiger partial charge in [-0.3, -0.25) is 9.88 Å². The molecule has 0 bridgehead atoms. The van der Waals surface area contributed by atoms with Gasteiger partial charge in [0.2, 0.25) is 0 Å². The van der Waals surface area contributed by atoms with Crippen molar-refractivity contribution >= 4 is 23.1 Å². The van der Waals surface area contributed by atoms with Gasteiger partial charge in [-0.2, -0.15) is 0 Å². The van der Waals surface area contributed by atoms with Gasteiger partial charge in [0.25, 0.3) is 0 Å². The smallest absolute Gasteiger partial charge is 0.0736 e. The maximum Gasteiger partial charge on any atom is 0.0736 e. The van der Waals surface area contributed by atoms with E-state index in [9.17, 15) is 0 Å². The lowest BCUT2D eigenvalue weighted by atomic mass is 9.93. The molecular formula is C18H22N2OS2. The van der Waals surface area contributed by atoms with Crippen molar-refractivity contribution in [2.75, 3.05) is 18.8 Å². The average molecular weight is 347 g/mol. The van der Waals surface area contributed by atoms with Gasteiger partial charge in [-0.25, -0.2) is 0 Å². The highest BCUT2D eigenvalue weighted by molar-refractivity contribution is 8.01. The third kappa shape index (κ3) is 3.63. The van der Waals surface area contributed by atoms with E-state index in [2.05, 4.69) is 46.8 Å². The van der Waals surface area contributed by atoms with Crippen LogP contribution in [0.2, 0.25) is 0 Å². The second kappa shape index (κ2) is 6.55. The van der Waals surface area contributed by atoms with E-state index >= 15 is 0 Å². The molecule has 0 aromatic carbocycles. The summed E-state index contributed by atoms with van der Waals surface area (Å²) in [6.07, 6.45) is 5.29. The standard InChI is InChI=1S/C18H22N2OS2/c1-14-4-5-17(23-14)9-20-12-18(13-20)7-16(11-22-18)21-10-15-3-2-6-19-8-15/h2-6,8,16H,7,9-13H2,1H3. The summed E-state index contributed by atoms with van der Waals surface area (Å²) < 4.78 is 6.55. The number of rotatable bonds is 5. The van der Waals surface area contributed by atoms with Crippen LogP contribution < -0.4 is 0 Å². The van der Waals surface area contributed by atoms with E-state index < -0.39 is 0 Å². The zero-order valence-electron chi connectivity index (χ0n) is 13.4. The van der Waals surface area contributed by atoms with Crippen molar-refractivity contribution in [3.05, 3.63) is 52.0 Å². The highest BCUT2D eigenvalue weighted by Crippen LogP contribution is 2.46. The number of aryl methyl sites for hydroxylation is 1. The number of thioether (sulfide) groups is 1. The van der Waals surface area contributed by atoms with Gasteiger partial charge in [0.05, 0.1) is 12.7 Å². The van der Waals surface area contributed by atoms with Crippen molar-refractivity contribution in [2.24, 2.45) is 0 Å². The number of hydrogen-bond donors (Lipinski definition) is 0. The average Bonchev–Trinajstić information content (AvgIpc) is 3.13. The molecule has 0 radical (unpaired) electrons. The number of thiophene rings is 1.